The minimum atomic E-state index is -0.789. The Bertz CT molecular complexity index is 277. The third-order valence-electron chi connectivity index (χ3n) is 1.93. The summed E-state index contributed by atoms with van der Waals surface area (Å²) in [7, 11) is 1.76. The number of rotatable bonds is 4. The normalized spacial score (nSPS) is 11.5. The second kappa shape index (κ2) is 6.40. The molecular weight excluding hydrogens is 202 g/mol. The monoisotopic (exact) mass is 215 g/mol. The van der Waals surface area contributed by atoms with Crippen LogP contribution in [-0.4, -0.2) is 18.1 Å². The number of hydrogen-bond donors (Lipinski definition) is 2. The summed E-state index contributed by atoms with van der Waals surface area (Å²) >= 11 is 0. The fraction of sp³-hybridized carbons (Fsp3) is 0.300. The van der Waals surface area contributed by atoms with Crippen LogP contribution < -0.4 is 5.32 Å². The molecule has 3 nitrogen and oxygen atoms in total. The highest BCUT2D eigenvalue weighted by Crippen LogP contribution is 2.15. The molecule has 0 saturated carbocycles. The molecule has 14 heavy (non-hydrogen) atoms. The van der Waals surface area contributed by atoms with Crippen molar-refractivity contribution >= 4 is 18.4 Å². The first-order chi connectivity index (χ1) is 6.24. The van der Waals surface area contributed by atoms with E-state index in [2.05, 4.69) is 5.32 Å². The zero-order chi connectivity index (χ0) is 9.68. The predicted octanol–water partition coefficient (Wildman–Crippen LogP) is 1.84. The molecular formula is C10H14ClNO2. The number of carbonyl (C=O) groups is 1. The second-order valence-electron chi connectivity index (χ2n) is 2.85. The molecule has 0 amide bonds. The smallest absolute Gasteiger partial charge is 0.305 e. The molecule has 1 aromatic rings. The van der Waals surface area contributed by atoms with Crippen molar-refractivity contribution in [3.05, 3.63) is 35.9 Å². The van der Waals surface area contributed by atoms with Gasteiger partial charge in [-0.05, 0) is 12.6 Å². The number of halogens is 1. The predicted molar refractivity (Wildman–Crippen MR) is 57.7 cm³/mol. The molecule has 4 heteroatoms. The van der Waals surface area contributed by atoms with Crippen LogP contribution in [0.5, 0.6) is 0 Å². The molecule has 2 N–H and O–H groups in total. The summed E-state index contributed by atoms with van der Waals surface area (Å²) in [5, 5.41) is 11.6. The van der Waals surface area contributed by atoms with Crippen LogP contribution in [0, 0.1) is 0 Å². The van der Waals surface area contributed by atoms with Gasteiger partial charge in [0.25, 0.3) is 0 Å². The third kappa shape index (κ3) is 3.77. The van der Waals surface area contributed by atoms with Crippen LogP contribution in [0.2, 0.25) is 0 Å². The topological polar surface area (TPSA) is 49.3 Å². The van der Waals surface area contributed by atoms with Crippen LogP contribution in [0.4, 0.5) is 0 Å². The maximum absolute atomic E-state index is 10.5. The number of hydrogen-bond acceptors (Lipinski definition) is 2. The van der Waals surface area contributed by atoms with Crippen molar-refractivity contribution in [2.45, 2.75) is 12.5 Å². The summed E-state index contributed by atoms with van der Waals surface area (Å²) in [6.07, 6.45) is 0.112. The molecule has 0 spiro atoms. The van der Waals surface area contributed by atoms with Crippen molar-refractivity contribution in [3.63, 3.8) is 0 Å². The maximum atomic E-state index is 10.5. The number of nitrogens with one attached hydrogen (secondary N) is 1. The molecule has 0 heterocycles. The van der Waals surface area contributed by atoms with Gasteiger partial charge in [0, 0.05) is 6.04 Å². The van der Waals surface area contributed by atoms with E-state index in [0.717, 1.165) is 5.56 Å². The van der Waals surface area contributed by atoms with Crippen molar-refractivity contribution < 1.29 is 9.90 Å². The van der Waals surface area contributed by atoms with Crippen molar-refractivity contribution in [2.24, 2.45) is 0 Å². The summed E-state index contributed by atoms with van der Waals surface area (Å²) in [5.74, 6) is -0.789. The van der Waals surface area contributed by atoms with Crippen LogP contribution in [0.3, 0.4) is 0 Å². The van der Waals surface area contributed by atoms with Gasteiger partial charge in [-0.2, -0.15) is 0 Å². The Morgan fingerprint density at radius 1 is 1.43 bits per heavy atom. The molecule has 0 aliphatic carbocycles. The van der Waals surface area contributed by atoms with E-state index < -0.39 is 5.97 Å². The van der Waals surface area contributed by atoms with E-state index >= 15 is 0 Å². The molecule has 0 bridgehead atoms. The summed E-state index contributed by atoms with van der Waals surface area (Å²) < 4.78 is 0. The lowest BCUT2D eigenvalue weighted by atomic mass is 10.0. The Balaban J connectivity index is 0.00000169. The van der Waals surface area contributed by atoms with Gasteiger partial charge in [0.15, 0.2) is 0 Å². The summed E-state index contributed by atoms with van der Waals surface area (Å²) in [5.41, 5.74) is 1.01. The summed E-state index contributed by atoms with van der Waals surface area (Å²) in [4.78, 5) is 10.5. The average molecular weight is 216 g/mol. The van der Waals surface area contributed by atoms with E-state index in [4.69, 9.17) is 5.11 Å². The molecule has 1 aromatic carbocycles. The lowest BCUT2D eigenvalue weighted by Gasteiger charge is -2.13. The van der Waals surface area contributed by atoms with Crippen LogP contribution in [0.25, 0.3) is 0 Å². The molecule has 0 unspecified atom stereocenters. The van der Waals surface area contributed by atoms with Crippen molar-refractivity contribution in [3.8, 4) is 0 Å². The first kappa shape index (κ1) is 12.9. The van der Waals surface area contributed by atoms with Crippen LogP contribution in [0.1, 0.15) is 18.0 Å². The fourth-order valence-electron chi connectivity index (χ4n) is 1.25. The highest BCUT2D eigenvalue weighted by Gasteiger charge is 2.11. The fourth-order valence-corrected chi connectivity index (χ4v) is 1.25. The molecule has 0 fully saturated rings. The molecule has 0 aliphatic heterocycles. The lowest BCUT2D eigenvalue weighted by Crippen LogP contribution is -2.19. The highest BCUT2D eigenvalue weighted by atomic mass is 35.5. The van der Waals surface area contributed by atoms with E-state index in [1.165, 1.54) is 0 Å². The number of aliphatic carboxylic acids is 1. The molecule has 1 atom stereocenters. The molecule has 0 aliphatic rings. The molecule has 0 radical (unpaired) electrons. The third-order valence-corrected chi connectivity index (χ3v) is 1.93. The van der Waals surface area contributed by atoms with Gasteiger partial charge in [-0.1, -0.05) is 30.3 Å². The van der Waals surface area contributed by atoms with E-state index in [1.807, 2.05) is 30.3 Å². The SMILES string of the molecule is CN[C@@H](CC(=O)O)c1ccccc1.Cl. The van der Waals surface area contributed by atoms with Crippen LogP contribution >= 0.6 is 12.4 Å². The van der Waals surface area contributed by atoms with Gasteiger partial charge in [0.2, 0.25) is 0 Å². The van der Waals surface area contributed by atoms with Crippen LogP contribution in [-0.2, 0) is 4.79 Å². The van der Waals surface area contributed by atoms with Crippen molar-refractivity contribution in [1.82, 2.24) is 5.32 Å². The summed E-state index contributed by atoms with van der Waals surface area (Å²) in [6.45, 7) is 0. The Morgan fingerprint density at radius 3 is 2.43 bits per heavy atom. The average Bonchev–Trinajstić information content (AvgIpc) is 2.15. The Hall–Kier alpha value is -1.06. The Labute approximate surface area is 89.5 Å². The van der Waals surface area contributed by atoms with Gasteiger partial charge in [-0.15, -0.1) is 12.4 Å². The Kier molecular flexibility index (Phi) is 5.92. The quantitative estimate of drug-likeness (QED) is 0.806. The van der Waals surface area contributed by atoms with Gasteiger partial charge >= 0.3 is 5.97 Å². The van der Waals surface area contributed by atoms with Gasteiger partial charge in [-0.3, -0.25) is 4.79 Å². The van der Waals surface area contributed by atoms with Gasteiger partial charge in [-0.25, -0.2) is 0 Å². The largest absolute Gasteiger partial charge is 0.481 e. The molecule has 78 valence electrons. The van der Waals surface area contributed by atoms with Gasteiger partial charge in [0.1, 0.15) is 0 Å². The standard InChI is InChI=1S/C10H13NO2.ClH/c1-11-9(7-10(12)13)8-5-3-2-4-6-8;/h2-6,9,11H,7H2,1H3,(H,12,13);1H/t9-;/m0./s1. The van der Waals surface area contributed by atoms with Gasteiger partial charge in [0.05, 0.1) is 6.42 Å². The minimum Gasteiger partial charge on any atom is -0.481 e. The number of benzene rings is 1. The Morgan fingerprint density at radius 2 is 2.00 bits per heavy atom. The summed E-state index contributed by atoms with van der Waals surface area (Å²) in [6, 6.07) is 9.47. The second-order valence-corrected chi connectivity index (χ2v) is 2.85. The molecule has 0 aromatic heterocycles. The molecule has 1 rings (SSSR count). The van der Waals surface area contributed by atoms with E-state index in [0.29, 0.717) is 0 Å². The minimum absolute atomic E-state index is 0. The zero-order valence-electron chi connectivity index (χ0n) is 7.93. The number of carboxylic acids is 1. The van der Waals surface area contributed by atoms with E-state index in [1.54, 1.807) is 7.05 Å². The van der Waals surface area contributed by atoms with E-state index in [-0.39, 0.29) is 24.9 Å². The first-order valence-corrected chi connectivity index (χ1v) is 4.18. The van der Waals surface area contributed by atoms with E-state index in [9.17, 15) is 4.79 Å². The lowest BCUT2D eigenvalue weighted by molar-refractivity contribution is -0.137. The zero-order valence-corrected chi connectivity index (χ0v) is 8.75. The van der Waals surface area contributed by atoms with Crippen LogP contribution in [0.15, 0.2) is 30.3 Å². The van der Waals surface area contributed by atoms with Crippen molar-refractivity contribution in [1.29, 1.82) is 0 Å². The number of carboxylic acid groups (broad SMARTS) is 1. The molecule has 0 saturated heterocycles. The first-order valence-electron chi connectivity index (χ1n) is 4.18. The maximum Gasteiger partial charge on any atom is 0.305 e. The van der Waals surface area contributed by atoms with Gasteiger partial charge < -0.3 is 10.4 Å². The highest BCUT2D eigenvalue weighted by molar-refractivity contribution is 5.85. The van der Waals surface area contributed by atoms with Crippen molar-refractivity contribution in [2.75, 3.05) is 7.05 Å².